The van der Waals surface area contributed by atoms with Crippen LogP contribution in [0.5, 0.6) is 0 Å². The summed E-state index contributed by atoms with van der Waals surface area (Å²) in [6.07, 6.45) is 3.87. The number of fused-ring (bicyclic) bond motifs is 2. The molecule has 48 heavy (non-hydrogen) atoms. The third-order valence-electron chi connectivity index (χ3n) is 14.1. The van der Waals surface area contributed by atoms with Gasteiger partial charge in [-0.25, -0.2) is 4.79 Å². The maximum Gasteiger partial charge on any atom is 0.331 e. The van der Waals surface area contributed by atoms with E-state index in [0.29, 0.717) is 24.9 Å². The fourth-order valence-corrected chi connectivity index (χ4v) is 11.5. The minimum atomic E-state index is -1.52. The van der Waals surface area contributed by atoms with Crippen molar-refractivity contribution in [1.82, 2.24) is 0 Å². The zero-order valence-electron chi connectivity index (χ0n) is 28.4. The van der Waals surface area contributed by atoms with Crippen LogP contribution in [0.4, 0.5) is 0 Å². The van der Waals surface area contributed by atoms with E-state index in [1.165, 1.54) is 5.57 Å². The second-order valence-corrected chi connectivity index (χ2v) is 16.2. The minimum Gasteiger partial charge on any atom is -0.458 e. The predicted octanol–water partition coefficient (Wildman–Crippen LogP) is 2.04. The second kappa shape index (κ2) is 11.8. The van der Waals surface area contributed by atoms with Crippen LogP contribution in [0.3, 0.4) is 0 Å². The molecular weight excluding hydrogens is 624 g/mol. The van der Waals surface area contributed by atoms with Crippen LogP contribution in [0, 0.1) is 22.7 Å². The number of hydrogen-bond acceptors (Lipinski definition) is 12. The summed E-state index contributed by atoms with van der Waals surface area (Å²) in [4.78, 5) is 11.9. The highest BCUT2D eigenvalue weighted by Gasteiger charge is 2.85. The smallest absolute Gasteiger partial charge is 0.331 e. The van der Waals surface area contributed by atoms with E-state index >= 15 is 0 Å². The van der Waals surface area contributed by atoms with Crippen molar-refractivity contribution in [3.05, 3.63) is 23.3 Å². The first-order chi connectivity index (χ1) is 22.9. The zero-order valence-corrected chi connectivity index (χ0v) is 28.4. The van der Waals surface area contributed by atoms with Gasteiger partial charge < -0.3 is 53.6 Å². The number of carbonyl (C=O) groups is 1. The molecule has 0 radical (unpaired) electrons. The summed E-state index contributed by atoms with van der Waals surface area (Å²) in [6, 6.07) is 0. The van der Waals surface area contributed by atoms with E-state index in [0.717, 1.165) is 56.9 Å². The van der Waals surface area contributed by atoms with Crippen molar-refractivity contribution in [3.63, 3.8) is 0 Å². The van der Waals surface area contributed by atoms with E-state index in [1.54, 1.807) is 13.2 Å². The molecule has 8 rings (SSSR count). The van der Waals surface area contributed by atoms with Crippen LogP contribution in [-0.4, -0.2) is 119 Å². The van der Waals surface area contributed by atoms with Crippen LogP contribution in [0.1, 0.15) is 78.6 Å². The van der Waals surface area contributed by atoms with Gasteiger partial charge in [0, 0.05) is 30.6 Å². The SMILES string of the molecule is CO[C@@H]1C[C@H](O[C@H]2CC[C@@]3(C)[C@H](CC[C@@]45O[C@@]46CC=C(C4=CC(=O)OC4)[C@@]6(C)CC[C@H]35)C2)O[C@H](C)[C@@H]1O[C@@H]1O[C@H](CO)[C@@H](O)[C@H](O)[C@H]1O. The number of hydrogen-bond donors (Lipinski definition) is 4. The molecule has 0 aromatic heterocycles. The Morgan fingerprint density at radius 2 is 1.79 bits per heavy atom. The molecule has 4 N–H and O–H groups in total. The molecule has 0 aromatic rings. The lowest BCUT2D eigenvalue weighted by molar-refractivity contribution is -0.345. The van der Waals surface area contributed by atoms with E-state index < -0.39 is 61.9 Å². The highest BCUT2D eigenvalue weighted by atomic mass is 16.7. The lowest BCUT2D eigenvalue weighted by atomic mass is 9.44. The highest BCUT2D eigenvalue weighted by molar-refractivity contribution is 5.87. The van der Waals surface area contributed by atoms with Gasteiger partial charge in [0.1, 0.15) is 48.3 Å². The van der Waals surface area contributed by atoms with Crippen molar-refractivity contribution in [1.29, 1.82) is 0 Å². The van der Waals surface area contributed by atoms with Crippen LogP contribution in [-0.2, 0) is 38.0 Å². The Bertz CT molecular complexity index is 1350. The fraction of sp³-hybridized carbons (Fsp3) is 0.861. The summed E-state index contributed by atoms with van der Waals surface area (Å²) < 4.78 is 42.8. The van der Waals surface area contributed by atoms with Gasteiger partial charge in [0.25, 0.3) is 0 Å². The van der Waals surface area contributed by atoms with Crippen LogP contribution in [0.2, 0.25) is 0 Å². The van der Waals surface area contributed by atoms with E-state index in [9.17, 15) is 25.2 Å². The van der Waals surface area contributed by atoms with Gasteiger partial charge >= 0.3 is 5.97 Å². The summed E-state index contributed by atoms with van der Waals surface area (Å²) >= 11 is 0. The quantitative estimate of drug-likeness (QED) is 0.176. The lowest BCUT2D eigenvalue weighted by Gasteiger charge is -2.58. The van der Waals surface area contributed by atoms with Crippen molar-refractivity contribution in [2.45, 2.75) is 151 Å². The number of methoxy groups -OCH3 is 1. The van der Waals surface area contributed by atoms with E-state index in [2.05, 4.69) is 19.9 Å². The molecule has 12 heteroatoms. The summed E-state index contributed by atoms with van der Waals surface area (Å²) in [7, 11) is 1.59. The van der Waals surface area contributed by atoms with Gasteiger partial charge in [0.2, 0.25) is 0 Å². The van der Waals surface area contributed by atoms with Gasteiger partial charge in [-0.1, -0.05) is 19.9 Å². The monoisotopic (exact) mass is 676 g/mol. The average molecular weight is 677 g/mol. The zero-order chi connectivity index (χ0) is 33.8. The third-order valence-corrected chi connectivity index (χ3v) is 14.1. The molecular formula is C36H52O12. The molecule has 268 valence electrons. The van der Waals surface area contributed by atoms with Crippen molar-refractivity contribution < 1.29 is 58.4 Å². The van der Waals surface area contributed by atoms with E-state index in [1.807, 2.05) is 6.92 Å². The van der Waals surface area contributed by atoms with Gasteiger partial charge in [0.15, 0.2) is 12.6 Å². The fourth-order valence-electron chi connectivity index (χ4n) is 11.5. The average Bonchev–Trinajstić information content (AvgIpc) is 3.38. The lowest BCUT2D eigenvalue weighted by Crippen LogP contribution is -2.61. The van der Waals surface area contributed by atoms with Gasteiger partial charge in [0.05, 0.1) is 24.9 Å². The first kappa shape index (κ1) is 33.7. The van der Waals surface area contributed by atoms with E-state index in [4.69, 9.17) is 33.2 Å². The summed E-state index contributed by atoms with van der Waals surface area (Å²) in [5.41, 5.74) is 2.08. The first-order valence-electron chi connectivity index (χ1n) is 18.0. The number of aliphatic hydroxyl groups is 4. The Kier molecular flexibility index (Phi) is 8.28. The number of esters is 1. The van der Waals surface area contributed by atoms with Gasteiger partial charge in [-0.2, -0.15) is 0 Å². The number of epoxide rings is 1. The van der Waals surface area contributed by atoms with Crippen molar-refractivity contribution in [2.24, 2.45) is 22.7 Å². The molecule has 4 aliphatic carbocycles. The van der Waals surface area contributed by atoms with Gasteiger partial charge in [-0.15, -0.1) is 0 Å². The Hall–Kier alpha value is -1.45. The van der Waals surface area contributed by atoms with Crippen LogP contribution in [0.15, 0.2) is 23.3 Å². The topological polar surface area (TPSA) is 166 Å². The molecule has 0 unspecified atom stereocenters. The highest BCUT2D eigenvalue weighted by Crippen LogP contribution is 2.80. The first-order valence-corrected chi connectivity index (χ1v) is 18.0. The molecule has 3 saturated heterocycles. The molecule has 4 aliphatic heterocycles. The van der Waals surface area contributed by atoms with Crippen molar-refractivity contribution in [3.8, 4) is 0 Å². The van der Waals surface area contributed by atoms with Gasteiger partial charge in [-0.3, -0.25) is 0 Å². The molecule has 0 amide bonds. The minimum absolute atomic E-state index is 0.0595. The maximum absolute atomic E-state index is 11.9. The molecule has 12 nitrogen and oxygen atoms in total. The van der Waals surface area contributed by atoms with Crippen molar-refractivity contribution >= 4 is 5.97 Å². The third kappa shape index (κ3) is 4.74. The molecule has 4 heterocycles. The Morgan fingerprint density at radius 3 is 2.52 bits per heavy atom. The second-order valence-electron chi connectivity index (χ2n) is 16.2. The van der Waals surface area contributed by atoms with Crippen LogP contribution >= 0.6 is 0 Å². The van der Waals surface area contributed by atoms with Gasteiger partial charge in [-0.05, 0) is 81.1 Å². The normalized spacial score (nSPS) is 54.3. The number of rotatable bonds is 7. The van der Waals surface area contributed by atoms with E-state index in [-0.39, 0.29) is 34.1 Å². The Morgan fingerprint density at radius 1 is 0.979 bits per heavy atom. The number of aliphatic hydroxyl groups excluding tert-OH is 4. The molecule has 0 bridgehead atoms. The molecule has 8 aliphatic rings. The molecule has 16 atom stereocenters. The van der Waals surface area contributed by atoms with Crippen LogP contribution < -0.4 is 0 Å². The Labute approximate surface area is 281 Å². The standard InChI is InChI=1S/C36H52O12/c1-18-31(47-32-30(41)29(40)28(39)24(16-37)46-32)23(42-4)15-27(44-18)45-21-6-9-33(2)20(14-21)5-11-35-25(33)8-10-34(3)22(7-12-36(34,35)48-35)19-13-26(38)43-17-19/h7,13,18,20-21,23-25,27-32,37,39-41H,5-6,8-12,14-17H2,1-4H3/t18-,20-,21+,23-,24-,25-,27+,28-,29+,30-,31+,32+,33+,34-,35+,36-/m1/s1. The largest absolute Gasteiger partial charge is 0.458 e. The maximum atomic E-state index is 11.9. The number of cyclic esters (lactones) is 1. The molecule has 0 aromatic carbocycles. The molecule has 2 spiro atoms. The molecule has 3 saturated carbocycles. The summed E-state index contributed by atoms with van der Waals surface area (Å²) in [5.74, 6) is 0.774. The number of ether oxygens (including phenoxy) is 7. The molecule has 6 fully saturated rings. The Balaban J connectivity index is 0.899. The summed E-state index contributed by atoms with van der Waals surface area (Å²) in [6.45, 7) is 6.55. The number of carbonyl (C=O) groups excluding carboxylic acids is 1. The predicted molar refractivity (Wildman–Crippen MR) is 167 cm³/mol. The summed E-state index contributed by atoms with van der Waals surface area (Å²) in [5, 5.41) is 40.5. The van der Waals surface area contributed by atoms with Crippen molar-refractivity contribution in [2.75, 3.05) is 20.3 Å². The van der Waals surface area contributed by atoms with Crippen LogP contribution in [0.25, 0.3) is 0 Å².